The fraction of sp³-hybridized carbons (Fsp3) is 0.353. The number of benzene rings is 1. The molecule has 8 heteroatoms. The zero-order valence-electron chi connectivity index (χ0n) is 13.8. The molecular formula is C17H20N2O4S2. The Morgan fingerprint density at radius 1 is 1.32 bits per heavy atom. The Bertz CT molecular complexity index is 849. The van der Waals surface area contributed by atoms with Crippen molar-refractivity contribution in [2.75, 3.05) is 26.7 Å². The maximum Gasteiger partial charge on any atom is 0.348 e. The van der Waals surface area contributed by atoms with Gasteiger partial charge in [-0.05, 0) is 24.1 Å². The van der Waals surface area contributed by atoms with Crippen LogP contribution in [-0.4, -0.2) is 45.4 Å². The summed E-state index contributed by atoms with van der Waals surface area (Å²) in [5, 5.41) is 1.48. The lowest BCUT2D eigenvalue weighted by Crippen LogP contribution is -2.29. The van der Waals surface area contributed by atoms with Crippen LogP contribution in [0.25, 0.3) is 0 Å². The Hall–Kier alpha value is -1.74. The Labute approximate surface area is 151 Å². The van der Waals surface area contributed by atoms with Crippen LogP contribution >= 0.6 is 11.3 Å². The lowest BCUT2D eigenvalue weighted by atomic mass is 9.89. The minimum atomic E-state index is -3.66. The second-order valence-corrected chi connectivity index (χ2v) is 8.82. The lowest BCUT2D eigenvalue weighted by molar-refractivity contribution is 0.0606. The standard InChI is InChI=1S/C17H20N2O4S2/c1-23-17(20)16-7-14(11-24-16)25(21,22)19-9-13(8-18)15(10-19)12-5-3-2-4-6-12/h2-7,11,13,15H,8-10,18H2,1H3/t13-,15+/m1/s1. The fourth-order valence-corrected chi connectivity index (χ4v) is 5.86. The summed E-state index contributed by atoms with van der Waals surface area (Å²) in [6.07, 6.45) is 0. The Balaban J connectivity index is 1.86. The van der Waals surface area contributed by atoms with E-state index in [2.05, 4.69) is 4.74 Å². The molecule has 1 saturated heterocycles. The van der Waals surface area contributed by atoms with Gasteiger partial charge in [0.15, 0.2) is 0 Å². The highest BCUT2D eigenvalue weighted by Gasteiger charge is 2.39. The first-order chi connectivity index (χ1) is 12.0. The molecule has 0 amide bonds. The summed E-state index contributed by atoms with van der Waals surface area (Å²) in [5.41, 5.74) is 6.98. The largest absolute Gasteiger partial charge is 0.465 e. The van der Waals surface area contributed by atoms with Gasteiger partial charge in [0, 0.05) is 24.4 Å². The number of nitrogens with zero attached hydrogens (tertiary/aromatic N) is 1. The molecule has 0 saturated carbocycles. The van der Waals surface area contributed by atoms with Gasteiger partial charge in [0.05, 0.1) is 12.0 Å². The van der Waals surface area contributed by atoms with Crippen molar-refractivity contribution >= 4 is 27.3 Å². The molecule has 0 spiro atoms. The molecule has 0 aliphatic carbocycles. The molecule has 1 fully saturated rings. The van der Waals surface area contributed by atoms with Crippen molar-refractivity contribution in [3.05, 3.63) is 52.2 Å². The molecule has 6 nitrogen and oxygen atoms in total. The third-order valence-electron chi connectivity index (χ3n) is 4.54. The quantitative estimate of drug-likeness (QED) is 0.800. The summed E-state index contributed by atoms with van der Waals surface area (Å²) in [6, 6.07) is 11.2. The number of rotatable bonds is 5. The normalized spacial score (nSPS) is 21.4. The van der Waals surface area contributed by atoms with Gasteiger partial charge in [0.25, 0.3) is 0 Å². The third-order valence-corrected chi connectivity index (χ3v) is 7.41. The number of hydrogen-bond donors (Lipinski definition) is 1. The van der Waals surface area contributed by atoms with E-state index in [-0.39, 0.29) is 21.6 Å². The number of thiophene rings is 1. The number of sulfonamides is 1. The second kappa shape index (κ2) is 7.25. The third kappa shape index (κ3) is 3.48. The van der Waals surface area contributed by atoms with Crippen molar-refractivity contribution < 1.29 is 17.9 Å². The summed E-state index contributed by atoms with van der Waals surface area (Å²) in [5.74, 6) is -0.398. The average molecular weight is 380 g/mol. The summed E-state index contributed by atoms with van der Waals surface area (Å²) < 4.78 is 32.0. The molecule has 1 aromatic carbocycles. The van der Waals surface area contributed by atoms with E-state index in [1.54, 1.807) is 0 Å². The topological polar surface area (TPSA) is 89.7 Å². The van der Waals surface area contributed by atoms with E-state index >= 15 is 0 Å². The first-order valence-electron chi connectivity index (χ1n) is 7.89. The number of ether oxygens (including phenoxy) is 1. The first-order valence-corrected chi connectivity index (χ1v) is 10.2. The van der Waals surface area contributed by atoms with Crippen molar-refractivity contribution in [1.29, 1.82) is 0 Å². The SMILES string of the molecule is COC(=O)c1cc(S(=O)(=O)N2C[C@@H](CN)[C@H](c3ccccc3)C2)cs1. The van der Waals surface area contributed by atoms with Gasteiger partial charge < -0.3 is 10.5 Å². The van der Waals surface area contributed by atoms with E-state index in [1.807, 2.05) is 30.3 Å². The number of methoxy groups -OCH3 is 1. The molecule has 25 heavy (non-hydrogen) atoms. The number of nitrogens with two attached hydrogens (primary N) is 1. The highest BCUT2D eigenvalue weighted by molar-refractivity contribution is 7.89. The van der Waals surface area contributed by atoms with Gasteiger partial charge >= 0.3 is 5.97 Å². The predicted octanol–water partition coefficient (Wildman–Crippen LogP) is 1.90. The van der Waals surface area contributed by atoms with E-state index in [0.29, 0.717) is 19.6 Å². The molecule has 3 rings (SSSR count). The van der Waals surface area contributed by atoms with E-state index in [9.17, 15) is 13.2 Å². The summed E-state index contributed by atoms with van der Waals surface area (Å²) in [6.45, 7) is 1.18. The van der Waals surface area contributed by atoms with Crippen LogP contribution < -0.4 is 5.73 Å². The molecule has 0 radical (unpaired) electrons. The van der Waals surface area contributed by atoms with Gasteiger partial charge in [-0.2, -0.15) is 4.31 Å². The highest BCUT2D eigenvalue weighted by atomic mass is 32.2. The summed E-state index contributed by atoms with van der Waals surface area (Å²) >= 11 is 1.07. The number of carbonyl (C=O) groups is 1. The smallest absolute Gasteiger partial charge is 0.348 e. The van der Waals surface area contributed by atoms with E-state index in [0.717, 1.165) is 16.9 Å². The minimum Gasteiger partial charge on any atom is -0.465 e. The molecule has 2 aromatic rings. The predicted molar refractivity (Wildman–Crippen MR) is 96.1 cm³/mol. The lowest BCUT2D eigenvalue weighted by Gasteiger charge is -2.16. The zero-order valence-corrected chi connectivity index (χ0v) is 15.4. The van der Waals surface area contributed by atoms with E-state index < -0.39 is 16.0 Å². The van der Waals surface area contributed by atoms with Crippen LogP contribution in [-0.2, 0) is 14.8 Å². The van der Waals surface area contributed by atoms with Crippen LogP contribution in [0.2, 0.25) is 0 Å². The van der Waals surface area contributed by atoms with Crippen molar-refractivity contribution in [2.24, 2.45) is 11.7 Å². The molecular weight excluding hydrogens is 360 g/mol. The van der Waals surface area contributed by atoms with Crippen LogP contribution in [0.15, 0.2) is 46.7 Å². The molecule has 0 bridgehead atoms. The Morgan fingerprint density at radius 3 is 2.68 bits per heavy atom. The van der Waals surface area contributed by atoms with Crippen molar-refractivity contribution in [2.45, 2.75) is 10.8 Å². The Kier molecular flexibility index (Phi) is 5.24. The number of esters is 1. The fourth-order valence-electron chi connectivity index (χ4n) is 3.16. The second-order valence-electron chi connectivity index (χ2n) is 5.97. The van der Waals surface area contributed by atoms with Crippen LogP contribution in [0.3, 0.4) is 0 Å². The van der Waals surface area contributed by atoms with Crippen LogP contribution in [0.4, 0.5) is 0 Å². The van der Waals surface area contributed by atoms with Gasteiger partial charge in [-0.15, -0.1) is 11.3 Å². The van der Waals surface area contributed by atoms with Crippen molar-refractivity contribution in [1.82, 2.24) is 4.31 Å². The van der Waals surface area contributed by atoms with Crippen LogP contribution in [0.1, 0.15) is 21.2 Å². The molecule has 1 aromatic heterocycles. The molecule has 1 aliphatic rings. The van der Waals surface area contributed by atoms with Gasteiger partial charge in [-0.25, -0.2) is 13.2 Å². The number of hydrogen-bond acceptors (Lipinski definition) is 6. The minimum absolute atomic E-state index is 0.0656. The molecule has 0 unspecified atom stereocenters. The van der Waals surface area contributed by atoms with E-state index in [4.69, 9.17) is 5.73 Å². The number of carbonyl (C=O) groups excluding carboxylic acids is 1. The maximum atomic E-state index is 12.9. The summed E-state index contributed by atoms with van der Waals surface area (Å²) in [7, 11) is -2.39. The van der Waals surface area contributed by atoms with Gasteiger partial charge in [-0.3, -0.25) is 0 Å². The summed E-state index contributed by atoms with van der Waals surface area (Å²) in [4.78, 5) is 12.0. The van der Waals surface area contributed by atoms with Gasteiger partial charge in [0.2, 0.25) is 10.0 Å². The first kappa shape index (κ1) is 18.1. The van der Waals surface area contributed by atoms with Gasteiger partial charge in [-0.1, -0.05) is 30.3 Å². The highest BCUT2D eigenvalue weighted by Crippen LogP contribution is 2.35. The molecule has 2 N–H and O–H groups in total. The average Bonchev–Trinajstić information content (AvgIpc) is 3.29. The van der Waals surface area contributed by atoms with Gasteiger partial charge in [0.1, 0.15) is 4.88 Å². The zero-order chi connectivity index (χ0) is 18.0. The molecule has 134 valence electrons. The molecule has 2 heterocycles. The molecule has 2 atom stereocenters. The Morgan fingerprint density at radius 2 is 2.04 bits per heavy atom. The monoisotopic (exact) mass is 380 g/mol. The molecule has 1 aliphatic heterocycles. The van der Waals surface area contributed by atoms with Crippen molar-refractivity contribution in [3.8, 4) is 0 Å². The maximum absolute atomic E-state index is 12.9. The van der Waals surface area contributed by atoms with Crippen molar-refractivity contribution in [3.63, 3.8) is 0 Å². The van der Waals surface area contributed by atoms with Crippen LogP contribution in [0, 0.1) is 5.92 Å². The van der Waals surface area contributed by atoms with Crippen LogP contribution in [0.5, 0.6) is 0 Å². The van der Waals surface area contributed by atoms with E-state index in [1.165, 1.54) is 22.9 Å².